The average molecular weight is 264 g/mol. The Kier molecular flexibility index (Phi) is 4.99. The average Bonchev–Trinajstić information content (AvgIpc) is 2.98. The molecule has 2 aromatic rings. The van der Waals surface area contributed by atoms with Crippen LogP contribution in [-0.2, 0) is 19.6 Å². The van der Waals surface area contributed by atoms with Crippen molar-refractivity contribution < 1.29 is 4.42 Å². The fraction of sp³-hybridized carbons (Fsp3) is 0.429. The minimum Gasteiger partial charge on any atom is -0.468 e. The van der Waals surface area contributed by atoms with Gasteiger partial charge in [0.05, 0.1) is 12.8 Å². The normalized spacial score (nSPS) is 11.3. The van der Waals surface area contributed by atoms with E-state index < -0.39 is 0 Å². The summed E-state index contributed by atoms with van der Waals surface area (Å²) in [5.74, 6) is 1.05. The first-order chi connectivity index (χ1) is 8.79. The van der Waals surface area contributed by atoms with Crippen molar-refractivity contribution >= 4 is 11.3 Å². The Morgan fingerprint density at radius 3 is 2.94 bits per heavy atom. The largest absolute Gasteiger partial charge is 0.468 e. The Bertz CT molecular complexity index is 450. The van der Waals surface area contributed by atoms with Crippen LogP contribution in [0.25, 0.3) is 0 Å². The molecule has 0 aliphatic carbocycles. The van der Waals surface area contributed by atoms with E-state index in [1.807, 2.05) is 0 Å². The van der Waals surface area contributed by atoms with Gasteiger partial charge >= 0.3 is 0 Å². The number of nitrogens with zero attached hydrogens (tertiary/aromatic N) is 1. The summed E-state index contributed by atoms with van der Waals surface area (Å²) >= 11 is 1.80. The molecule has 0 amide bonds. The summed E-state index contributed by atoms with van der Waals surface area (Å²) in [7, 11) is 2.14. The zero-order valence-corrected chi connectivity index (χ0v) is 11.8. The molecule has 0 radical (unpaired) electrons. The van der Waals surface area contributed by atoms with Crippen LogP contribution in [0.2, 0.25) is 0 Å². The van der Waals surface area contributed by atoms with Gasteiger partial charge in [-0.05, 0) is 31.1 Å². The number of furan rings is 1. The van der Waals surface area contributed by atoms with Gasteiger partial charge in [0.25, 0.3) is 0 Å². The van der Waals surface area contributed by atoms with Gasteiger partial charge in [-0.1, -0.05) is 13.0 Å². The van der Waals surface area contributed by atoms with Crippen LogP contribution in [0.1, 0.15) is 23.1 Å². The molecule has 1 N–H and O–H groups in total. The minimum atomic E-state index is 0.811. The van der Waals surface area contributed by atoms with Crippen LogP contribution < -0.4 is 5.32 Å². The first-order valence-corrected chi connectivity index (χ1v) is 7.14. The van der Waals surface area contributed by atoms with Gasteiger partial charge < -0.3 is 9.73 Å². The summed E-state index contributed by atoms with van der Waals surface area (Å²) in [4.78, 5) is 3.71. The second kappa shape index (κ2) is 6.73. The topological polar surface area (TPSA) is 28.4 Å². The summed E-state index contributed by atoms with van der Waals surface area (Å²) in [5, 5.41) is 5.42. The molecule has 0 aliphatic rings. The molecule has 0 atom stereocenters. The number of hydrogen-bond acceptors (Lipinski definition) is 4. The summed E-state index contributed by atoms with van der Waals surface area (Å²) < 4.78 is 5.52. The third-order valence-corrected chi connectivity index (χ3v) is 3.68. The van der Waals surface area contributed by atoms with Crippen molar-refractivity contribution in [2.75, 3.05) is 13.6 Å². The highest BCUT2D eigenvalue weighted by Gasteiger charge is 2.09. The quantitative estimate of drug-likeness (QED) is 0.833. The lowest BCUT2D eigenvalue weighted by Gasteiger charge is -2.15. The second-order valence-corrected chi connectivity index (χ2v) is 5.43. The molecule has 2 rings (SSSR count). The van der Waals surface area contributed by atoms with Crippen molar-refractivity contribution in [1.82, 2.24) is 10.2 Å². The van der Waals surface area contributed by atoms with Crippen LogP contribution in [0, 0.1) is 0 Å². The number of rotatable bonds is 7. The Balaban J connectivity index is 1.90. The maximum absolute atomic E-state index is 5.52. The van der Waals surface area contributed by atoms with Crippen LogP contribution >= 0.6 is 11.3 Å². The van der Waals surface area contributed by atoms with Gasteiger partial charge in [-0.15, -0.1) is 11.3 Å². The molecule has 0 aliphatic heterocycles. The van der Waals surface area contributed by atoms with Gasteiger partial charge in [0.2, 0.25) is 0 Å². The minimum absolute atomic E-state index is 0.811. The SMILES string of the molecule is CCNCc1occc1CN(C)Cc1cccs1. The fourth-order valence-electron chi connectivity index (χ4n) is 1.92. The number of nitrogens with one attached hydrogen (secondary N) is 1. The second-order valence-electron chi connectivity index (χ2n) is 4.40. The van der Waals surface area contributed by atoms with Gasteiger partial charge in [-0.2, -0.15) is 0 Å². The first-order valence-electron chi connectivity index (χ1n) is 6.26. The fourth-order valence-corrected chi connectivity index (χ4v) is 2.70. The lowest BCUT2D eigenvalue weighted by atomic mass is 10.2. The van der Waals surface area contributed by atoms with E-state index in [9.17, 15) is 0 Å². The van der Waals surface area contributed by atoms with E-state index in [0.717, 1.165) is 31.9 Å². The maximum atomic E-state index is 5.52. The molecule has 0 bridgehead atoms. The smallest absolute Gasteiger partial charge is 0.122 e. The van der Waals surface area contributed by atoms with Gasteiger partial charge in [0, 0.05) is 23.5 Å². The monoisotopic (exact) mass is 264 g/mol. The summed E-state index contributed by atoms with van der Waals surface area (Å²) in [5.41, 5.74) is 1.27. The van der Waals surface area contributed by atoms with E-state index >= 15 is 0 Å². The van der Waals surface area contributed by atoms with E-state index in [1.54, 1.807) is 17.6 Å². The molecule has 98 valence electrons. The number of hydrogen-bond donors (Lipinski definition) is 1. The van der Waals surface area contributed by atoms with E-state index in [-0.39, 0.29) is 0 Å². The van der Waals surface area contributed by atoms with Crippen molar-refractivity contribution in [3.63, 3.8) is 0 Å². The molecular weight excluding hydrogens is 244 g/mol. The van der Waals surface area contributed by atoms with E-state index in [0.29, 0.717) is 0 Å². The highest BCUT2D eigenvalue weighted by Crippen LogP contribution is 2.16. The van der Waals surface area contributed by atoms with Gasteiger partial charge in [0.1, 0.15) is 5.76 Å². The molecule has 0 fully saturated rings. The molecule has 2 aromatic heterocycles. The third kappa shape index (κ3) is 3.70. The summed E-state index contributed by atoms with van der Waals surface area (Å²) in [6, 6.07) is 6.34. The lowest BCUT2D eigenvalue weighted by Crippen LogP contribution is -2.18. The van der Waals surface area contributed by atoms with Crippen molar-refractivity contribution in [3.05, 3.63) is 46.0 Å². The zero-order valence-electron chi connectivity index (χ0n) is 11.0. The Morgan fingerprint density at radius 1 is 1.33 bits per heavy atom. The van der Waals surface area contributed by atoms with E-state index in [2.05, 4.69) is 47.8 Å². The Morgan fingerprint density at radius 2 is 2.22 bits per heavy atom. The standard InChI is InChI=1S/C14H20N2OS/c1-3-15-9-14-12(6-7-17-14)10-16(2)11-13-5-4-8-18-13/h4-8,15H,3,9-11H2,1-2H3. The predicted molar refractivity (Wildman–Crippen MR) is 75.6 cm³/mol. The van der Waals surface area contributed by atoms with Crippen molar-refractivity contribution in [2.24, 2.45) is 0 Å². The molecule has 0 unspecified atom stereocenters. The molecule has 0 aromatic carbocycles. The van der Waals surface area contributed by atoms with Crippen molar-refractivity contribution in [2.45, 2.75) is 26.6 Å². The lowest BCUT2D eigenvalue weighted by molar-refractivity contribution is 0.317. The van der Waals surface area contributed by atoms with E-state index in [4.69, 9.17) is 4.42 Å². The third-order valence-electron chi connectivity index (χ3n) is 2.82. The van der Waals surface area contributed by atoms with Crippen LogP contribution in [-0.4, -0.2) is 18.5 Å². The van der Waals surface area contributed by atoms with Crippen molar-refractivity contribution in [1.29, 1.82) is 0 Å². The van der Waals surface area contributed by atoms with Gasteiger partial charge in [0.15, 0.2) is 0 Å². The Hall–Kier alpha value is -1.10. The molecule has 3 nitrogen and oxygen atoms in total. The summed E-state index contributed by atoms with van der Waals surface area (Å²) in [6.45, 7) is 5.79. The van der Waals surface area contributed by atoms with Crippen LogP contribution in [0.3, 0.4) is 0 Å². The highest BCUT2D eigenvalue weighted by molar-refractivity contribution is 7.09. The molecular formula is C14H20N2OS. The Labute approximate surface area is 112 Å². The van der Waals surface area contributed by atoms with Crippen LogP contribution in [0.5, 0.6) is 0 Å². The predicted octanol–water partition coefficient (Wildman–Crippen LogP) is 3.08. The molecule has 2 heterocycles. The molecule has 4 heteroatoms. The van der Waals surface area contributed by atoms with E-state index in [1.165, 1.54) is 10.4 Å². The van der Waals surface area contributed by atoms with Gasteiger partial charge in [-0.25, -0.2) is 0 Å². The molecule has 0 saturated heterocycles. The highest BCUT2D eigenvalue weighted by atomic mass is 32.1. The first kappa shape index (κ1) is 13.3. The molecule has 0 saturated carbocycles. The number of thiophene rings is 1. The molecule has 18 heavy (non-hydrogen) atoms. The van der Waals surface area contributed by atoms with Crippen LogP contribution in [0.4, 0.5) is 0 Å². The summed E-state index contributed by atoms with van der Waals surface area (Å²) in [6.07, 6.45) is 1.78. The van der Waals surface area contributed by atoms with Crippen LogP contribution in [0.15, 0.2) is 34.3 Å². The zero-order chi connectivity index (χ0) is 12.8. The molecule has 0 spiro atoms. The van der Waals surface area contributed by atoms with Gasteiger partial charge in [-0.3, -0.25) is 4.90 Å². The van der Waals surface area contributed by atoms with Crippen molar-refractivity contribution in [3.8, 4) is 0 Å². The maximum Gasteiger partial charge on any atom is 0.122 e.